The molecule has 9 nitrogen and oxygen atoms in total. The molecule has 5 atom stereocenters. The van der Waals surface area contributed by atoms with Gasteiger partial charge < -0.3 is 23.8 Å². The van der Waals surface area contributed by atoms with Gasteiger partial charge in [0.05, 0.1) is 56.5 Å². The number of nitrogens with zero attached hydrogens (tertiary/aromatic N) is 3. The third-order valence-electron chi connectivity index (χ3n) is 8.50. The number of nitro benzene ring substituents is 1. The lowest BCUT2D eigenvalue weighted by molar-refractivity contribution is -0.973. The predicted molar refractivity (Wildman–Crippen MR) is 150 cm³/mol. The fourth-order valence-corrected chi connectivity index (χ4v) is 6.01. The van der Waals surface area contributed by atoms with Crippen LogP contribution in [0, 0.1) is 22.0 Å². The second-order valence-corrected chi connectivity index (χ2v) is 10.5. The number of benzene rings is 2. The van der Waals surface area contributed by atoms with Gasteiger partial charge in [-0.1, -0.05) is 13.0 Å². The highest BCUT2D eigenvalue weighted by Crippen LogP contribution is 2.43. The third-order valence-corrected chi connectivity index (χ3v) is 8.50. The Morgan fingerprint density at radius 1 is 1.21 bits per heavy atom. The van der Waals surface area contributed by atoms with Crippen LogP contribution in [0.1, 0.15) is 37.5 Å². The van der Waals surface area contributed by atoms with Crippen molar-refractivity contribution in [3.05, 3.63) is 76.5 Å². The lowest BCUT2D eigenvalue weighted by Gasteiger charge is -2.51. The van der Waals surface area contributed by atoms with E-state index in [1.807, 2.05) is 37.3 Å². The number of aromatic nitrogens is 1. The van der Waals surface area contributed by atoms with E-state index < -0.39 is 11.0 Å². The minimum Gasteiger partial charge on any atom is -0.497 e. The normalized spacial score (nSPS) is 22.6. The zero-order chi connectivity index (χ0) is 28.3. The van der Waals surface area contributed by atoms with Gasteiger partial charge in [-0.2, -0.15) is 0 Å². The van der Waals surface area contributed by atoms with E-state index in [9.17, 15) is 15.2 Å². The topological polar surface area (TPSA) is 104 Å². The molecule has 1 aliphatic rings. The second kappa shape index (κ2) is 11.6. The molecule has 1 aliphatic heterocycles. The highest BCUT2D eigenvalue weighted by molar-refractivity contribution is 5.83. The molecule has 4 rings (SSSR count). The summed E-state index contributed by atoms with van der Waals surface area (Å²) in [5.41, 5.74) is 2.14. The number of pyridine rings is 1. The Hall–Kier alpha value is -3.69. The summed E-state index contributed by atoms with van der Waals surface area (Å²) >= 11 is 0. The van der Waals surface area contributed by atoms with Crippen molar-refractivity contribution in [3.63, 3.8) is 0 Å². The molecule has 39 heavy (non-hydrogen) atoms. The number of methoxy groups -OCH3 is 3. The van der Waals surface area contributed by atoms with E-state index in [2.05, 4.69) is 18.5 Å². The number of non-ortho nitro benzene ring substituents is 1. The SMILES string of the molecule is C=CC1C[N+](Cc2cc([N+](=O)[O-])cc(OC)c2OC)(C(C)C(O)c2ccnc3ccc(OC)cc23)CCC1C. The first-order valence-corrected chi connectivity index (χ1v) is 13.2. The monoisotopic (exact) mass is 536 g/mol. The molecule has 3 aromatic rings. The Balaban J connectivity index is 1.84. The van der Waals surface area contributed by atoms with E-state index >= 15 is 0 Å². The van der Waals surface area contributed by atoms with Crippen LogP contribution in [0.5, 0.6) is 17.2 Å². The summed E-state index contributed by atoms with van der Waals surface area (Å²) in [6, 6.07) is 10.2. The van der Waals surface area contributed by atoms with Gasteiger partial charge in [0.25, 0.3) is 5.69 Å². The first-order valence-electron chi connectivity index (χ1n) is 13.2. The molecular formula is C30H38N3O6+. The number of nitro groups is 1. The number of aliphatic hydroxyl groups is 1. The lowest BCUT2D eigenvalue weighted by Crippen LogP contribution is -2.61. The van der Waals surface area contributed by atoms with Crippen molar-refractivity contribution in [1.82, 2.24) is 4.98 Å². The largest absolute Gasteiger partial charge is 0.497 e. The van der Waals surface area contributed by atoms with Crippen LogP contribution in [0.2, 0.25) is 0 Å². The molecular weight excluding hydrogens is 498 g/mol. The summed E-state index contributed by atoms with van der Waals surface area (Å²) in [6.07, 6.45) is 3.79. The summed E-state index contributed by atoms with van der Waals surface area (Å²) in [4.78, 5) is 15.8. The van der Waals surface area contributed by atoms with Gasteiger partial charge in [0.1, 0.15) is 24.4 Å². The number of likely N-dealkylation sites (tertiary alicyclic amines) is 1. The smallest absolute Gasteiger partial charge is 0.273 e. The molecule has 1 fully saturated rings. The summed E-state index contributed by atoms with van der Waals surface area (Å²) < 4.78 is 17.1. The van der Waals surface area contributed by atoms with Crippen molar-refractivity contribution in [3.8, 4) is 17.2 Å². The molecule has 0 radical (unpaired) electrons. The van der Waals surface area contributed by atoms with Gasteiger partial charge in [-0.15, -0.1) is 6.58 Å². The van der Waals surface area contributed by atoms with E-state index in [0.717, 1.165) is 36.0 Å². The molecule has 1 aromatic heterocycles. The molecule has 0 bridgehead atoms. The van der Waals surface area contributed by atoms with Crippen LogP contribution >= 0.6 is 0 Å². The molecule has 0 amide bonds. The van der Waals surface area contributed by atoms with Gasteiger partial charge in [0.15, 0.2) is 11.5 Å². The average molecular weight is 537 g/mol. The molecule has 208 valence electrons. The molecule has 0 aliphatic carbocycles. The van der Waals surface area contributed by atoms with Gasteiger partial charge in [-0.05, 0) is 49.1 Å². The Labute approximate surface area is 229 Å². The molecule has 2 heterocycles. The Bertz CT molecular complexity index is 1360. The maximum Gasteiger partial charge on any atom is 0.273 e. The Kier molecular flexibility index (Phi) is 8.42. The summed E-state index contributed by atoms with van der Waals surface area (Å²) in [5, 5.41) is 24.6. The molecule has 5 unspecified atom stereocenters. The third kappa shape index (κ3) is 5.42. The molecule has 0 spiro atoms. The fraction of sp³-hybridized carbons (Fsp3) is 0.433. The number of hydrogen-bond donors (Lipinski definition) is 1. The number of fused-ring (bicyclic) bond motifs is 1. The van der Waals surface area contributed by atoms with Crippen molar-refractivity contribution in [1.29, 1.82) is 0 Å². The maximum absolute atomic E-state index is 12.0. The first-order chi connectivity index (χ1) is 18.7. The number of ether oxygens (including phenoxy) is 3. The highest BCUT2D eigenvalue weighted by Gasteiger charge is 2.45. The minimum absolute atomic E-state index is 0.0631. The first kappa shape index (κ1) is 28.3. The lowest BCUT2D eigenvalue weighted by atomic mass is 9.82. The van der Waals surface area contributed by atoms with Crippen LogP contribution < -0.4 is 14.2 Å². The van der Waals surface area contributed by atoms with Crippen molar-refractivity contribution >= 4 is 16.6 Å². The van der Waals surface area contributed by atoms with Gasteiger partial charge in [0, 0.05) is 23.6 Å². The van der Waals surface area contributed by atoms with E-state index in [-0.39, 0.29) is 17.6 Å². The van der Waals surface area contributed by atoms with E-state index in [0.29, 0.717) is 39.8 Å². The molecule has 0 saturated carbocycles. The highest BCUT2D eigenvalue weighted by atomic mass is 16.6. The van der Waals surface area contributed by atoms with Crippen molar-refractivity contribution in [2.75, 3.05) is 34.4 Å². The van der Waals surface area contributed by atoms with Crippen LogP contribution in [0.3, 0.4) is 0 Å². The van der Waals surface area contributed by atoms with Gasteiger partial charge in [0.2, 0.25) is 0 Å². The number of quaternary nitrogens is 1. The number of piperidine rings is 1. The quantitative estimate of drug-likeness (QED) is 0.159. The summed E-state index contributed by atoms with van der Waals surface area (Å²) in [7, 11) is 4.62. The van der Waals surface area contributed by atoms with Crippen molar-refractivity contribution in [2.24, 2.45) is 11.8 Å². The Morgan fingerprint density at radius 3 is 2.62 bits per heavy atom. The summed E-state index contributed by atoms with van der Waals surface area (Å²) in [5.74, 6) is 2.12. The average Bonchev–Trinajstić information content (AvgIpc) is 2.96. The van der Waals surface area contributed by atoms with E-state index in [4.69, 9.17) is 14.2 Å². The molecule has 2 aromatic carbocycles. The minimum atomic E-state index is -0.840. The van der Waals surface area contributed by atoms with Crippen molar-refractivity contribution < 1.29 is 28.7 Å². The number of aliphatic hydroxyl groups excluding tert-OH is 1. The van der Waals surface area contributed by atoms with E-state index in [1.54, 1.807) is 19.4 Å². The Morgan fingerprint density at radius 2 is 1.97 bits per heavy atom. The second-order valence-electron chi connectivity index (χ2n) is 10.5. The fourth-order valence-electron chi connectivity index (χ4n) is 6.01. The molecule has 1 saturated heterocycles. The predicted octanol–water partition coefficient (Wildman–Crippen LogP) is 5.45. The maximum atomic E-state index is 12.0. The van der Waals surface area contributed by atoms with Crippen LogP contribution in [0.4, 0.5) is 5.69 Å². The zero-order valence-electron chi connectivity index (χ0n) is 23.3. The number of rotatable bonds is 10. The molecule has 9 heteroatoms. The van der Waals surface area contributed by atoms with Crippen LogP contribution in [0.15, 0.2) is 55.3 Å². The zero-order valence-corrected chi connectivity index (χ0v) is 23.3. The standard InChI is InChI=1S/C30H38N3O6/c1-7-21-17-33(13-11-19(21)2,18-22-14-23(32(35)36)15-28(38-5)30(22)39-6)20(3)29(34)25-10-12-31-27-9-8-24(37-4)16-26(25)27/h7-10,12,14-16,19-21,29,34H,1,11,13,17-18H2,2-6H3/q+1. The van der Waals surface area contributed by atoms with E-state index in [1.165, 1.54) is 20.3 Å². The van der Waals surface area contributed by atoms with Crippen molar-refractivity contribution in [2.45, 2.75) is 39.0 Å². The van der Waals surface area contributed by atoms with Gasteiger partial charge in [-0.25, -0.2) is 0 Å². The van der Waals surface area contributed by atoms with Gasteiger partial charge in [-0.3, -0.25) is 15.1 Å². The van der Waals surface area contributed by atoms with Gasteiger partial charge >= 0.3 is 0 Å². The van der Waals surface area contributed by atoms with Crippen LogP contribution in [0.25, 0.3) is 10.9 Å². The summed E-state index contributed by atoms with van der Waals surface area (Å²) in [6.45, 7) is 10.3. The molecule has 1 N–H and O–H groups in total. The van der Waals surface area contributed by atoms with Crippen LogP contribution in [-0.4, -0.2) is 60.0 Å². The van der Waals surface area contributed by atoms with Crippen LogP contribution in [-0.2, 0) is 6.54 Å². The number of hydrogen-bond acceptors (Lipinski definition) is 7.